The molecule has 1 aliphatic heterocycles. The zero-order valence-electron chi connectivity index (χ0n) is 14.8. The first-order valence-corrected chi connectivity index (χ1v) is 9.02. The molecule has 1 unspecified atom stereocenters. The van der Waals surface area contributed by atoms with Crippen LogP contribution in [0.3, 0.4) is 0 Å². The average molecular weight is 359 g/mol. The maximum atomic E-state index is 12.4. The van der Waals surface area contributed by atoms with Crippen molar-refractivity contribution in [1.29, 1.82) is 0 Å². The summed E-state index contributed by atoms with van der Waals surface area (Å²) in [6, 6.07) is 11.1. The first-order chi connectivity index (χ1) is 12.7. The van der Waals surface area contributed by atoms with Crippen molar-refractivity contribution in [2.24, 2.45) is 0 Å². The van der Waals surface area contributed by atoms with Crippen molar-refractivity contribution in [1.82, 2.24) is 15.4 Å². The minimum Gasteiger partial charge on any atom is -0.486 e. The standard InChI is InChI=1S/C19H25N3O4/c23-11-5-10-22-9-4-6-15(13-22)20-19(24)18-12-17(26-21-18)14-25-16-7-2-1-3-8-16/h1-3,7-8,12,15,23H,4-6,9-11,13-14H2,(H,20,24). The maximum absolute atomic E-state index is 12.4. The predicted molar refractivity (Wildman–Crippen MR) is 95.9 cm³/mol. The highest BCUT2D eigenvalue weighted by Gasteiger charge is 2.23. The summed E-state index contributed by atoms with van der Waals surface area (Å²) in [6.07, 6.45) is 2.74. The summed E-state index contributed by atoms with van der Waals surface area (Å²) >= 11 is 0. The third kappa shape index (κ3) is 5.31. The van der Waals surface area contributed by atoms with Crippen LogP contribution in [0.1, 0.15) is 35.5 Å². The molecule has 2 heterocycles. The summed E-state index contributed by atoms with van der Waals surface area (Å²) in [6.45, 7) is 3.08. The fourth-order valence-corrected chi connectivity index (χ4v) is 3.09. The Kier molecular flexibility index (Phi) is 6.62. The number of aliphatic hydroxyl groups is 1. The van der Waals surface area contributed by atoms with E-state index in [0.717, 1.165) is 44.6 Å². The monoisotopic (exact) mass is 359 g/mol. The normalized spacial score (nSPS) is 17.8. The molecule has 1 aromatic heterocycles. The van der Waals surface area contributed by atoms with E-state index in [1.807, 2.05) is 30.3 Å². The van der Waals surface area contributed by atoms with Crippen molar-refractivity contribution >= 4 is 5.91 Å². The van der Waals surface area contributed by atoms with Crippen LogP contribution in [0, 0.1) is 0 Å². The van der Waals surface area contributed by atoms with Crippen molar-refractivity contribution in [3.63, 3.8) is 0 Å². The van der Waals surface area contributed by atoms with Crippen molar-refractivity contribution in [2.75, 3.05) is 26.2 Å². The number of hydrogen-bond acceptors (Lipinski definition) is 6. The van der Waals surface area contributed by atoms with Gasteiger partial charge in [0.15, 0.2) is 11.5 Å². The molecule has 0 bridgehead atoms. The Morgan fingerprint density at radius 1 is 1.38 bits per heavy atom. The number of rotatable bonds is 8. The Morgan fingerprint density at radius 2 is 2.23 bits per heavy atom. The van der Waals surface area contributed by atoms with Gasteiger partial charge < -0.3 is 24.6 Å². The minimum atomic E-state index is -0.228. The van der Waals surface area contributed by atoms with E-state index < -0.39 is 0 Å². The quantitative estimate of drug-likeness (QED) is 0.748. The van der Waals surface area contributed by atoms with Crippen LogP contribution in [0.4, 0.5) is 0 Å². The number of aliphatic hydroxyl groups excluding tert-OH is 1. The van der Waals surface area contributed by atoms with Gasteiger partial charge in [-0.25, -0.2) is 0 Å². The van der Waals surface area contributed by atoms with Gasteiger partial charge in [0.05, 0.1) is 0 Å². The number of piperidine rings is 1. The molecule has 1 aromatic carbocycles. The number of hydrogen-bond donors (Lipinski definition) is 2. The highest BCUT2D eigenvalue weighted by molar-refractivity contribution is 5.92. The first-order valence-electron chi connectivity index (χ1n) is 9.02. The number of carbonyl (C=O) groups excluding carboxylic acids is 1. The molecule has 0 radical (unpaired) electrons. The molecule has 1 amide bonds. The van der Waals surface area contributed by atoms with E-state index in [4.69, 9.17) is 14.4 Å². The van der Waals surface area contributed by atoms with Crippen molar-refractivity contribution in [2.45, 2.75) is 31.9 Å². The average Bonchev–Trinajstić information content (AvgIpc) is 3.15. The maximum Gasteiger partial charge on any atom is 0.273 e. The van der Waals surface area contributed by atoms with E-state index >= 15 is 0 Å². The number of benzene rings is 1. The molecule has 7 nitrogen and oxygen atoms in total. The molecule has 140 valence electrons. The molecule has 2 N–H and O–H groups in total. The molecule has 3 rings (SSSR count). The van der Waals surface area contributed by atoms with Gasteiger partial charge in [-0.15, -0.1) is 0 Å². The van der Waals surface area contributed by atoms with Crippen LogP contribution in [0.2, 0.25) is 0 Å². The van der Waals surface area contributed by atoms with E-state index in [2.05, 4.69) is 15.4 Å². The second-order valence-electron chi connectivity index (χ2n) is 6.47. The lowest BCUT2D eigenvalue weighted by Gasteiger charge is -2.32. The number of amides is 1. The van der Waals surface area contributed by atoms with Crippen molar-refractivity contribution in [3.05, 3.63) is 47.9 Å². The van der Waals surface area contributed by atoms with E-state index in [1.165, 1.54) is 0 Å². The molecule has 2 aromatic rings. The van der Waals surface area contributed by atoms with E-state index in [-0.39, 0.29) is 30.9 Å². The van der Waals surface area contributed by atoms with Gasteiger partial charge >= 0.3 is 0 Å². The molecule has 26 heavy (non-hydrogen) atoms. The number of aromatic nitrogens is 1. The molecular formula is C19H25N3O4. The van der Waals surface area contributed by atoms with Gasteiger partial charge in [-0.1, -0.05) is 23.4 Å². The molecule has 0 aliphatic carbocycles. The van der Waals surface area contributed by atoms with E-state index in [0.29, 0.717) is 5.76 Å². The van der Waals surface area contributed by atoms with Gasteiger partial charge in [-0.3, -0.25) is 4.79 Å². The van der Waals surface area contributed by atoms with Gasteiger partial charge in [0.2, 0.25) is 0 Å². The lowest BCUT2D eigenvalue weighted by molar-refractivity contribution is 0.0890. The summed E-state index contributed by atoms with van der Waals surface area (Å²) < 4.78 is 10.8. The number of nitrogens with one attached hydrogen (secondary N) is 1. The zero-order valence-corrected chi connectivity index (χ0v) is 14.8. The highest BCUT2D eigenvalue weighted by Crippen LogP contribution is 2.14. The van der Waals surface area contributed by atoms with Crippen molar-refractivity contribution in [3.8, 4) is 5.75 Å². The van der Waals surface area contributed by atoms with Crippen LogP contribution < -0.4 is 10.1 Å². The first kappa shape index (κ1) is 18.4. The summed E-state index contributed by atoms with van der Waals surface area (Å²) in [4.78, 5) is 14.7. The molecule has 7 heteroatoms. The highest BCUT2D eigenvalue weighted by atomic mass is 16.5. The predicted octanol–water partition coefficient (Wildman–Crippen LogP) is 1.83. The van der Waals surface area contributed by atoms with Gasteiger partial charge in [-0.05, 0) is 37.9 Å². The Labute approximate surface area is 152 Å². The lowest BCUT2D eigenvalue weighted by Crippen LogP contribution is -2.48. The van der Waals surface area contributed by atoms with Crippen LogP contribution in [0.15, 0.2) is 40.9 Å². The summed E-state index contributed by atoms with van der Waals surface area (Å²) in [5.74, 6) is 1.01. The number of para-hydroxylation sites is 1. The van der Waals surface area contributed by atoms with E-state index in [9.17, 15) is 4.79 Å². The Morgan fingerprint density at radius 3 is 3.04 bits per heavy atom. The number of ether oxygens (including phenoxy) is 1. The Bertz CT molecular complexity index is 689. The van der Waals surface area contributed by atoms with Crippen LogP contribution in [-0.2, 0) is 6.61 Å². The van der Waals surface area contributed by atoms with Gasteiger partial charge in [0.25, 0.3) is 5.91 Å². The van der Waals surface area contributed by atoms with Gasteiger partial charge in [0.1, 0.15) is 12.4 Å². The number of nitrogens with zero attached hydrogens (tertiary/aromatic N) is 2. The second-order valence-corrected chi connectivity index (χ2v) is 6.47. The van der Waals surface area contributed by atoms with Crippen LogP contribution >= 0.6 is 0 Å². The third-order valence-electron chi connectivity index (χ3n) is 4.39. The summed E-state index contributed by atoms with van der Waals surface area (Å²) in [7, 11) is 0. The fourth-order valence-electron chi connectivity index (χ4n) is 3.09. The van der Waals surface area contributed by atoms with Gasteiger partial charge in [-0.2, -0.15) is 0 Å². The number of carbonyl (C=O) groups is 1. The smallest absolute Gasteiger partial charge is 0.273 e. The van der Waals surface area contributed by atoms with Gasteiger partial charge in [0, 0.05) is 31.8 Å². The molecule has 1 fully saturated rings. The molecule has 1 saturated heterocycles. The summed E-state index contributed by atoms with van der Waals surface area (Å²) in [5.41, 5.74) is 0.268. The fraction of sp³-hybridized carbons (Fsp3) is 0.474. The Hall–Kier alpha value is -2.38. The zero-order chi connectivity index (χ0) is 18.2. The topological polar surface area (TPSA) is 87.8 Å². The SMILES string of the molecule is O=C(NC1CCCN(CCCO)C1)c1cc(COc2ccccc2)on1. The van der Waals surface area contributed by atoms with Crippen LogP contribution in [-0.4, -0.2) is 53.4 Å². The van der Waals surface area contributed by atoms with Crippen LogP contribution in [0.5, 0.6) is 5.75 Å². The third-order valence-corrected chi connectivity index (χ3v) is 4.39. The second kappa shape index (κ2) is 9.35. The molecule has 0 saturated carbocycles. The molecule has 1 atom stereocenters. The van der Waals surface area contributed by atoms with Crippen molar-refractivity contribution < 1.29 is 19.2 Å². The Balaban J connectivity index is 1.48. The largest absolute Gasteiger partial charge is 0.486 e. The molecule has 1 aliphatic rings. The summed E-state index contributed by atoms with van der Waals surface area (Å²) in [5, 5.41) is 15.8. The molecule has 0 spiro atoms. The minimum absolute atomic E-state index is 0.0932. The van der Waals surface area contributed by atoms with E-state index in [1.54, 1.807) is 6.07 Å². The number of likely N-dealkylation sites (tertiary alicyclic amines) is 1. The lowest BCUT2D eigenvalue weighted by atomic mass is 10.1. The van der Waals surface area contributed by atoms with Crippen LogP contribution in [0.25, 0.3) is 0 Å². The molecular weight excluding hydrogens is 334 g/mol.